The molecule has 23 heavy (non-hydrogen) atoms. The molecule has 0 spiro atoms. The van der Waals surface area contributed by atoms with Crippen LogP contribution in [0, 0.1) is 0 Å². The summed E-state index contributed by atoms with van der Waals surface area (Å²) in [6.45, 7) is 1.45. The molecule has 0 aliphatic heterocycles. The third-order valence-corrected chi connectivity index (χ3v) is 5.93. The Hall–Kier alpha value is -2.15. The highest BCUT2D eigenvalue weighted by atomic mass is 32.2. The Bertz CT molecular complexity index is 778. The van der Waals surface area contributed by atoms with E-state index < -0.39 is 21.0 Å². The van der Waals surface area contributed by atoms with Crippen LogP contribution in [-0.4, -0.2) is 35.4 Å². The molecule has 1 fully saturated rings. The monoisotopic (exact) mass is 333 g/mol. The molecule has 7 heteroatoms. The van der Waals surface area contributed by atoms with Crippen LogP contribution in [0.3, 0.4) is 0 Å². The summed E-state index contributed by atoms with van der Waals surface area (Å²) in [7, 11) is -3.53. The molecule has 1 saturated carbocycles. The average Bonchev–Trinajstić information content (AvgIpc) is 3.16. The van der Waals surface area contributed by atoms with Crippen LogP contribution in [-0.2, 0) is 20.4 Å². The maximum absolute atomic E-state index is 12.4. The molecule has 1 aromatic heterocycles. The number of amides is 1. The van der Waals surface area contributed by atoms with E-state index in [4.69, 9.17) is 0 Å². The van der Waals surface area contributed by atoms with Gasteiger partial charge in [-0.25, -0.2) is 13.1 Å². The van der Waals surface area contributed by atoms with Crippen LogP contribution in [0.4, 0.5) is 0 Å². The van der Waals surface area contributed by atoms with Crippen molar-refractivity contribution < 1.29 is 13.2 Å². The second-order valence-electron chi connectivity index (χ2n) is 5.85. The van der Waals surface area contributed by atoms with Gasteiger partial charge in [0.15, 0.2) is 9.84 Å². The summed E-state index contributed by atoms with van der Waals surface area (Å²) in [6, 6.07) is 9.10. The highest BCUT2D eigenvalue weighted by Gasteiger charge is 2.32. The Morgan fingerprint density at radius 3 is 2.61 bits per heavy atom. The zero-order valence-corrected chi connectivity index (χ0v) is 13.7. The van der Waals surface area contributed by atoms with Crippen LogP contribution in [0.15, 0.2) is 42.7 Å². The normalized spacial score (nSPS) is 16.0. The lowest BCUT2D eigenvalue weighted by Gasteiger charge is -2.13. The quantitative estimate of drug-likeness (QED) is 0.868. The fraction of sp³-hybridized carbons (Fsp3) is 0.375. The Kier molecular flexibility index (Phi) is 4.21. The zero-order valence-electron chi connectivity index (χ0n) is 12.8. The van der Waals surface area contributed by atoms with Crippen LogP contribution in [0.25, 0.3) is 5.69 Å². The standard InChI is InChI=1S/C16H19N3O3S/c1-12(16(20)18-14-5-6-14)23(21,22)11-13-3-7-15(8-4-13)19-10-2-9-17-19/h2-4,7-10,12,14H,5-6,11H2,1H3,(H,18,20)/t12-/m1/s1. The predicted molar refractivity (Wildman–Crippen MR) is 86.8 cm³/mol. The van der Waals surface area contributed by atoms with Crippen LogP contribution < -0.4 is 5.32 Å². The summed E-state index contributed by atoms with van der Waals surface area (Å²) < 4.78 is 26.5. The Balaban J connectivity index is 1.68. The lowest BCUT2D eigenvalue weighted by Crippen LogP contribution is -2.39. The van der Waals surface area contributed by atoms with E-state index in [2.05, 4.69) is 10.4 Å². The second-order valence-corrected chi connectivity index (χ2v) is 8.17. The van der Waals surface area contributed by atoms with E-state index in [1.165, 1.54) is 6.92 Å². The highest BCUT2D eigenvalue weighted by molar-refractivity contribution is 7.92. The summed E-state index contributed by atoms with van der Waals surface area (Å²) >= 11 is 0. The smallest absolute Gasteiger partial charge is 0.238 e. The number of carbonyl (C=O) groups is 1. The fourth-order valence-electron chi connectivity index (χ4n) is 2.23. The Morgan fingerprint density at radius 1 is 1.35 bits per heavy atom. The van der Waals surface area contributed by atoms with E-state index in [1.807, 2.05) is 24.4 Å². The minimum atomic E-state index is -3.53. The Morgan fingerprint density at radius 2 is 2.04 bits per heavy atom. The van der Waals surface area contributed by atoms with Crippen molar-refractivity contribution in [1.29, 1.82) is 0 Å². The van der Waals surface area contributed by atoms with E-state index in [9.17, 15) is 13.2 Å². The molecule has 6 nitrogen and oxygen atoms in total. The van der Waals surface area contributed by atoms with Crippen LogP contribution in [0.1, 0.15) is 25.3 Å². The number of benzene rings is 1. The predicted octanol–water partition coefficient (Wildman–Crippen LogP) is 1.45. The molecule has 122 valence electrons. The van der Waals surface area contributed by atoms with E-state index in [1.54, 1.807) is 23.0 Å². The van der Waals surface area contributed by atoms with Gasteiger partial charge in [-0.05, 0) is 43.5 Å². The molecule has 1 aliphatic rings. The summed E-state index contributed by atoms with van der Waals surface area (Å²) in [6.07, 6.45) is 5.37. The first-order chi connectivity index (χ1) is 11.0. The molecule has 1 heterocycles. The van der Waals surface area contributed by atoms with Gasteiger partial charge in [0.2, 0.25) is 5.91 Å². The first-order valence-electron chi connectivity index (χ1n) is 7.56. The lowest BCUT2D eigenvalue weighted by atomic mass is 10.2. The second kappa shape index (κ2) is 6.16. The minimum absolute atomic E-state index is 0.147. The third kappa shape index (κ3) is 3.79. The lowest BCUT2D eigenvalue weighted by molar-refractivity contribution is -0.120. The number of aromatic nitrogens is 2. The van der Waals surface area contributed by atoms with Gasteiger partial charge in [-0.2, -0.15) is 5.10 Å². The van der Waals surface area contributed by atoms with Crippen molar-refractivity contribution in [2.45, 2.75) is 36.8 Å². The van der Waals surface area contributed by atoms with E-state index in [0.717, 1.165) is 18.5 Å². The number of nitrogens with zero attached hydrogens (tertiary/aromatic N) is 2. The van der Waals surface area contributed by atoms with Gasteiger partial charge in [0.05, 0.1) is 11.4 Å². The first kappa shape index (κ1) is 15.7. The molecular formula is C16H19N3O3S. The molecule has 1 N–H and O–H groups in total. The van der Waals surface area contributed by atoms with Crippen molar-refractivity contribution in [2.24, 2.45) is 0 Å². The molecule has 2 aromatic rings. The van der Waals surface area contributed by atoms with E-state index >= 15 is 0 Å². The SMILES string of the molecule is C[C@H](C(=O)NC1CC1)S(=O)(=O)Cc1ccc(-n2cccn2)cc1. The summed E-state index contributed by atoms with van der Waals surface area (Å²) in [5, 5.41) is 5.83. The van der Waals surface area contributed by atoms with Crippen LogP contribution in [0.2, 0.25) is 0 Å². The maximum atomic E-state index is 12.4. The fourth-order valence-corrected chi connectivity index (χ4v) is 3.53. The molecule has 1 aromatic carbocycles. The highest BCUT2D eigenvalue weighted by Crippen LogP contribution is 2.20. The van der Waals surface area contributed by atoms with E-state index in [0.29, 0.717) is 5.56 Å². The van der Waals surface area contributed by atoms with Gasteiger partial charge in [-0.15, -0.1) is 0 Å². The third-order valence-electron chi connectivity index (χ3n) is 3.90. The largest absolute Gasteiger partial charge is 0.352 e. The number of rotatable bonds is 6. The summed E-state index contributed by atoms with van der Waals surface area (Å²) in [5.41, 5.74) is 1.52. The van der Waals surface area contributed by atoms with Crippen molar-refractivity contribution in [3.05, 3.63) is 48.3 Å². The van der Waals surface area contributed by atoms with Crippen molar-refractivity contribution in [1.82, 2.24) is 15.1 Å². The molecule has 1 aliphatic carbocycles. The number of hydrogen-bond donors (Lipinski definition) is 1. The number of nitrogens with one attached hydrogen (secondary N) is 1. The van der Waals surface area contributed by atoms with Crippen molar-refractivity contribution >= 4 is 15.7 Å². The van der Waals surface area contributed by atoms with Gasteiger partial charge in [-0.3, -0.25) is 4.79 Å². The number of carbonyl (C=O) groups excluding carboxylic acids is 1. The van der Waals surface area contributed by atoms with Gasteiger partial charge in [-0.1, -0.05) is 12.1 Å². The molecule has 0 saturated heterocycles. The number of sulfone groups is 1. The average molecular weight is 333 g/mol. The van der Waals surface area contributed by atoms with Crippen LogP contribution in [0.5, 0.6) is 0 Å². The first-order valence-corrected chi connectivity index (χ1v) is 9.28. The molecule has 0 unspecified atom stereocenters. The maximum Gasteiger partial charge on any atom is 0.238 e. The van der Waals surface area contributed by atoms with Crippen molar-refractivity contribution in [3.8, 4) is 5.69 Å². The van der Waals surface area contributed by atoms with Crippen molar-refractivity contribution in [2.75, 3.05) is 0 Å². The van der Waals surface area contributed by atoms with Crippen molar-refractivity contribution in [3.63, 3.8) is 0 Å². The van der Waals surface area contributed by atoms with Gasteiger partial charge in [0, 0.05) is 18.4 Å². The summed E-state index contributed by atoms with van der Waals surface area (Å²) in [5.74, 6) is -0.549. The molecule has 0 radical (unpaired) electrons. The topological polar surface area (TPSA) is 81.1 Å². The minimum Gasteiger partial charge on any atom is -0.352 e. The van der Waals surface area contributed by atoms with Crippen LogP contribution >= 0.6 is 0 Å². The Labute approximate surface area is 135 Å². The van der Waals surface area contributed by atoms with Gasteiger partial charge in [0.25, 0.3) is 0 Å². The molecular weight excluding hydrogens is 314 g/mol. The molecule has 0 bridgehead atoms. The molecule has 1 atom stereocenters. The van der Waals surface area contributed by atoms with Gasteiger partial charge < -0.3 is 5.32 Å². The zero-order chi connectivity index (χ0) is 16.4. The number of hydrogen-bond acceptors (Lipinski definition) is 4. The molecule has 3 rings (SSSR count). The molecule has 1 amide bonds. The summed E-state index contributed by atoms with van der Waals surface area (Å²) in [4.78, 5) is 11.9. The van der Waals surface area contributed by atoms with E-state index in [-0.39, 0.29) is 11.8 Å². The van der Waals surface area contributed by atoms with Gasteiger partial charge in [0.1, 0.15) is 5.25 Å². The van der Waals surface area contributed by atoms with Gasteiger partial charge >= 0.3 is 0 Å².